The van der Waals surface area contributed by atoms with Gasteiger partial charge < -0.3 is 14.9 Å². The van der Waals surface area contributed by atoms with E-state index in [4.69, 9.17) is 0 Å². The molecule has 2 rings (SSSR count). The highest BCUT2D eigenvalue weighted by Gasteiger charge is 2.37. The fourth-order valence-corrected chi connectivity index (χ4v) is 2.73. The van der Waals surface area contributed by atoms with E-state index in [1.807, 2.05) is 41.1 Å². The Kier molecular flexibility index (Phi) is 4.30. The highest BCUT2D eigenvalue weighted by molar-refractivity contribution is 5.90. The third-order valence-electron chi connectivity index (χ3n) is 3.71. The summed E-state index contributed by atoms with van der Waals surface area (Å²) in [5, 5.41) is 9.45. The molecule has 1 aromatic carbocycles. The number of anilines is 2. The van der Waals surface area contributed by atoms with Crippen LogP contribution in [0, 0.1) is 0 Å². The quantitative estimate of drug-likeness (QED) is 0.801. The van der Waals surface area contributed by atoms with Gasteiger partial charge in [0.2, 0.25) is 6.17 Å². The van der Waals surface area contributed by atoms with Crippen LogP contribution in [-0.4, -0.2) is 30.8 Å². The second-order valence-corrected chi connectivity index (χ2v) is 5.07. The van der Waals surface area contributed by atoms with Gasteiger partial charge in [0, 0.05) is 13.6 Å². The number of likely N-dealkylation sites (N-methyl/N-ethyl adjacent to an activating group) is 1. The van der Waals surface area contributed by atoms with Crippen LogP contribution in [0.5, 0.6) is 0 Å². The van der Waals surface area contributed by atoms with Crippen LogP contribution in [0.1, 0.15) is 32.6 Å². The highest BCUT2D eigenvalue weighted by Crippen LogP contribution is 2.38. The van der Waals surface area contributed by atoms with Gasteiger partial charge in [-0.1, -0.05) is 38.3 Å². The van der Waals surface area contributed by atoms with Crippen LogP contribution in [0.25, 0.3) is 0 Å². The first-order chi connectivity index (χ1) is 9.16. The molecule has 4 heteroatoms. The number of aliphatic carboxylic acids is 1. The number of carboxylic acids is 1. The predicted molar refractivity (Wildman–Crippen MR) is 77.8 cm³/mol. The maximum atomic E-state index is 11.5. The molecule has 1 aliphatic rings. The average molecular weight is 262 g/mol. The second kappa shape index (κ2) is 5.95. The van der Waals surface area contributed by atoms with E-state index in [1.165, 1.54) is 12.8 Å². The molecule has 0 radical (unpaired) electrons. The standard InChI is InChI=1S/C15H22N2O2/c1-3-4-5-8-11-17-13-10-7-6-9-12(13)16(2)14(17)15(18)19/h6-7,9-10,14H,3-5,8,11H2,1-2H3,(H,18,19). The molecule has 1 aliphatic heterocycles. The first kappa shape index (κ1) is 13.7. The van der Waals surface area contributed by atoms with Crippen LogP contribution < -0.4 is 9.80 Å². The van der Waals surface area contributed by atoms with Gasteiger partial charge in [0.25, 0.3) is 0 Å². The predicted octanol–water partition coefficient (Wildman–Crippen LogP) is 2.93. The maximum absolute atomic E-state index is 11.5. The maximum Gasteiger partial charge on any atom is 0.347 e. The van der Waals surface area contributed by atoms with Crippen molar-refractivity contribution in [1.29, 1.82) is 0 Å². The number of fused-ring (bicyclic) bond motifs is 1. The number of benzene rings is 1. The van der Waals surface area contributed by atoms with Crippen LogP contribution in [0.2, 0.25) is 0 Å². The fourth-order valence-electron chi connectivity index (χ4n) is 2.73. The van der Waals surface area contributed by atoms with Crippen molar-refractivity contribution >= 4 is 17.3 Å². The van der Waals surface area contributed by atoms with E-state index in [1.54, 1.807) is 0 Å². The molecule has 104 valence electrons. The van der Waals surface area contributed by atoms with Crippen molar-refractivity contribution in [3.8, 4) is 0 Å². The first-order valence-electron chi connectivity index (χ1n) is 6.98. The second-order valence-electron chi connectivity index (χ2n) is 5.07. The van der Waals surface area contributed by atoms with E-state index >= 15 is 0 Å². The molecule has 19 heavy (non-hydrogen) atoms. The van der Waals surface area contributed by atoms with E-state index in [0.717, 1.165) is 30.8 Å². The van der Waals surface area contributed by atoms with E-state index in [0.29, 0.717) is 0 Å². The third kappa shape index (κ3) is 2.67. The van der Waals surface area contributed by atoms with Gasteiger partial charge in [-0.25, -0.2) is 4.79 Å². The lowest BCUT2D eigenvalue weighted by Crippen LogP contribution is -2.47. The smallest absolute Gasteiger partial charge is 0.347 e. The lowest BCUT2D eigenvalue weighted by atomic mass is 10.2. The summed E-state index contributed by atoms with van der Waals surface area (Å²) in [6.07, 6.45) is 4.03. The largest absolute Gasteiger partial charge is 0.478 e. The Bertz CT molecular complexity index is 448. The van der Waals surface area contributed by atoms with E-state index in [2.05, 4.69) is 6.92 Å². The molecular formula is C15H22N2O2. The van der Waals surface area contributed by atoms with Gasteiger partial charge in [-0.2, -0.15) is 0 Å². The van der Waals surface area contributed by atoms with Crippen molar-refractivity contribution in [3.05, 3.63) is 24.3 Å². The summed E-state index contributed by atoms with van der Waals surface area (Å²) < 4.78 is 0. The van der Waals surface area contributed by atoms with E-state index in [9.17, 15) is 9.90 Å². The topological polar surface area (TPSA) is 43.8 Å². The number of carbonyl (C=O) groups is 1. The number of hydrogen-bond donors (Lipinski definition) is 1. The molecule has 1 unspecified atom stereocenters. The van der Waals surface area contributed by atoms with Crippen LogP contribution in [-0.2, 0) is 4.79 Å². The summed E-state index contributed by atoms with van der Waals surface area (Å²) in [6.45, 7) is 2.98. The Balaban J connectivity index is 2.15. The SMILES string of the molecule is CCCCCCN1c2ccccc2N(C)C1C(=O)O. The van der Waals surface area contributed by atoms with Crippen molar-refractivity contribution in [2.45, 2.75) is 38.8 Å². The number of nitrogens with zero attached hydrogens (tertiary/aromatic N) is 2. The fraction of sp³-hybridized carbons (Fsp3) is 0.533. The summed E-state index contributed by atoms with van der Waals surface area (Å²) in [5.74, 6) is -0.783. The van der Waals surface area contributed by atoms with Gasteiger partial charge in [-0.15, -0.1) is 0 Å². The van der Waals surface area contributed by atoms with Gasteiger partial charge >= 0.3 is 5.97 Å². The Hall–Kier alpha value is -1.71. The Morgan fingerprint density at radius 3 is 2.53 bits per heavy atom. The number of para-hydroxylation sites is 2. The van der Waals surface area contributed by atoms with Crippen LogP contribution in [0.3, 0.4) is 0 Å². The van der Waals surface area contributed by atoms with Crippen molar-refractivity contribution < 1.29 is 9.90 Å². The zero-order chi connectivity index (χ0) is 13.8. The summed E-state index contributed by atoms with van der Waals surface area (Å²) in [6, 6.07) is 7.91. The molecule has 0 spiro atoms. The molecule has 1 N–H and O–H groups in total. The van der Waals surface area contributed by atoms with E-state index < -0.39 is 12.1 Å². The molecule has 0 saturated heterocycles. The molecule has 0 saturated carbocycles. The Morgan fingerprint density at radius 2 is 1.89 bits per heavy atom. The van der Waals surface area contributed by atoms with Crippen LogP contribution >= 0.6 is 0 Å². The van der Waals surface area contributed by atoms with Gasteiger partial charge in [0.05, 0.1) is 11.4 Å². The average Bonchev–Trinajstić information content (AvgIpc) is 2.69. The molecule has 0 aliphatic carbocycles. The summed E-state index contributed by atoms with van der Waals surface area (Å²) >= 11 is 0. The van der Waals surface area contributed by atoms with Crippen molar-refractivity contribution in [3.63, 3.8) is 0 Å². The molecule has 0 bridgehead atoms. The lowest BCUT2D eigenvalue weighted by Gasteiger charge is -2.27. The van der Waals surface area contributed by atoms with E-state index in [-0.39, 0.29) is 0 Å². The van der Waals surface area contributed by atoms with Crippen LogP contribution in [0.15, 0.2) is 24.3 Å². The van der Waals surface area contributed by atoms with Crippen LogP contribution in [0.4, 0.5) is 11.4 Å². The molecular weight excluding hydrogens is 240 g/mol. The molecule has 1 aromatic rings. The number of carboxylic acid groups (broad SMARTS) is 1. The minimum atomic E-state index is -0.783. The van der Waals surface area contributed by atoms with Gasteiger partial charge in [0.1, 0.15) is 0 Å². The zero-order valence-electron chi connectivity index (χ0n) is 11.7. The van der Waals surface area contributed by atoms with Gasteiger partial charge in [-0.3, -0.25) is 0 Å². The Labute approximate surface area is 114 Å². The van der Waals surface area contributed by atoms with Crippen molar-refractivity contribution in [1.82, 2.24) is 0 Å². The monoisotopic (exact) mass is 262 g/mol. The van der Waals surface area contributed by atoms with Crippen molar-refractivity contribution in [2.75, 3.05) is 23.4 Å². The summed E-state index contributed by atoms with van der Waals surface area (Å²) in [4.78, 5) is 15.3. The summed E-state index contributed by atoms with van der Waals surface area (Å²) in [7, 11) is 1.85. The van der Waals surface area contributed by atoms with Gasteiger partial charge in [0.15, 0.2) is 0 Å². The highest BCUT2D eigenvalue weighted by atomic mass is 16.4. The summed E-state index contributed by atoms with van der Waals surface area (Å²) in [5.41, 5.74) is 2.04. The van der Waals surface area contributed by atoms with Gasteiger partial charge in [-0.05, 0) is 18.6 Å². The molecule has 0 amide bonds. The number of rotatable bonds is 6. The number of hydrogen-bond acceptors (Lipinski definition) is 3. The molecule has 1 atom stereocenters. The Morgan fingerprint density at radius 1 is 1.21 bits per heavy atom. The third-order valence-corrected chi connectivity index (χ3v) is 3.71. The number of unbranched alkanes of at least 4 members (excludes halogenated alkanes) is 3. The molecule has 1 heterocycles. The molecule has 0 aromatic heterocycles. The lowest BCUT2D eigenvalue weighted by molar-refractivity contribution is -0.138. The molecule has 4 nitrogen and oxygen atoms in total. The minimum Gasteiger partial charge on any atom is -0.478 e. The minimum absolute atomic E-state index is 0.570. The zero-order valence-corrected chi connectivity index (χ0v) is 11.7. The van der Waals surface area contributed by atoms with Crippen molar-refractivity contribution in [2.24, 2.45) is 0 Å². The molecule has 0 fully saturated rings. The normalized spacial score (nSPS) is 17.7. The first-order valence-corrected chi connectivity index (χ1v) is 6.98.